The van der Waals surface area contributed by atoms with Gasteiger partial charge in [0.05, 0.1) is 17.8 Å². The first-order valence-electron chi connectivity index (χ1n) is 7.64. The summed E-state index contributed by atoms with van der Waals surface area (Å²) in [4.78, 5) is 11.1. The second-order valence-corrected chi connectivity index (χ2v) is 6.36. The van der Waals surface area contributed by atoms with Crippen LogP contribution in [0, 0.1) is 13.8 Å². The predicted octanol–water partition coefficient (Wildman–Crippen LogP) is 3.48. The lowest BCUT2D eigenvalue weighted by Crippen LogP contribution is -2.48. The first-order chi connectivity index (χ1) is 9.99. The van der Waals surface area contributed by atoms with Crippen LogP contribution in [0.2, 0.25) is 0 Å². The summed E-state index contributed by atoms with van der Waals surface area (Å²) in [5.74, 6) is -0.0615. The number of carboxylic acids is 1. The zero-order valence-electron chi connectivity index (χ0n) is 12.6. The van der Waals surface area contributed by atoms with Gasteiger partial charge in [-0.2, -0.15) is 0 Å². The second-order valence-electron chi connectivity index (χ2n) is 6.36. The number of aryl methyl sites for hydroxylation is 2. The molecule has 1 saturated heterocycles. The van der Waals surface area contributed by atoms with E-state index < -0.39 is 5.97 Å². The minimum absolute atomic E-state index is 0.0612. The third kappa shape index (κ3) is 2.77. The van der Waals surface area contributed by atoms with Gasteiger partial charge in [-0.15, -0.1) is 0 Å². The molecule has 1 saturated carbocycles. The lowest BCUT2D eigenvalue weighted by atomic mass is 9.74. The molecule has 1 aromatic carbocycles. The molecule has 2 aliphatic rings. The Bertz CT molecular complexity index is 537. The van der Waals surface area contributed by atoms with E-state index in [1.165, 1.54) is 6.42 Å². The van der Waals surface area contributed by atoms with Gasteiger partial charge in [-0.3, -0.25) is 0 Å². The van der Waals surface area contributed by atoms with Gasteiger partial charge in [0, 0.05) is 12.8 Å². The molecule has 0 amide bonds. The first-order valence-corrected chi connectivity index (χ1v) is 7.64. The van der Waals surface area contributed by atoms with Crippen LogP contribution in [-0.4, -0.2) is 29.4 Å². The Kier molecular flexibility index (Phi) is 3.66. The number of carboxylic acid groups (broad SMARTS) is 1. The summed E-state index contributed by atoms with van der Waals surface area (Å²) < 4.78 is 12.1. The van der Waals surface area contributed by atoms with Crippen molar-refractivity contribution in [3.63, 3.8) is 0 Å². The maximum atomic E-state index is 11.1. The van der Waals surface area contributed by atoms with Crippen LogP contribution in [0.5, 0.6) is 5.75 Å². The van der Waals surface area contributed by atoms with Crippen LogP contribution in [0.15, 0.2) is 12.1 Å². The molecule has 0 aromatic heterocycles. The van der Waals surface area contributed by atoms with Crippen LogP contribution >= 0.6 is 0 Å². The van der Waals surface area contributed by atoms with Crippen LogP contribution in [0.4, 0.5) is 0 Å². The molecule has 1 spiro atoms. The molecule has 1 aliphatic heterocycles. The van der Waals surface area contributed by atoms with E-state index in [0.29, 0.717) is 5.56 Å². The smallest absolute Gasteiger partial charge is 0.335 e. The number of rotatable bonds is 3. The summed E-state index contributed by atoms with van der Waals surface area (Å²) in [6.07, 6.45) is 5.56. The van der Waals surface area contributed by atoms with E-state index in [9.17, 15) is 4.79 Å². The fourth-order valence-electron chi connectivity index (χ4n) is 3.43. The molecule has 3 rings (SSSR count). The minimum Gasteiger partial charge on any atom is -0.490 e. The number of ether oxygens (including phenoxy) is 2. The monoisotopic (exact) mass is 290 g/mol. The van der Waals surface area contributed by atoms with Gasteiger partial charge < -0.3 is 14.6 Å². The number of hydrogen-bond acceptors (Lipinski definition) is 3. The second kappa shape index (κ2) is 5.34. The minimum atomic E-state index is -0.896. The first kappa shape index (κ1) is 14.4. The van der Waals surface area contributed by atoms with Crippen LogP contribution < -0.4 is 4.74 Å². The molecule has 4 heteroatoms. The Morgan fingerprint density at radius 1 is 1.33 bits per heavy atom. The molecule has 1 atom stereocenters. The molecular weight excluding hydrogens is 268 g/mol. The van der Waals surface area contributed by atoms with Gasteiger partial charge in [0.1, 0.15) is 11.9 Å². The highest BCUT2D eigenvalue weighted by Crippen LogP contribution is 2.43. The molecule has 2 fully saturated rings. The Hall–Kier alpha value is -1.55. The van der Waals surface area contributed by atoms with Crippen molar-refractivity contribution in [2.45, 2.75) is 57.7 Å². The Morgan fingerprint density at radius 2 is 2.00 bits per heavy atom. The fraction of sp³-hybridized carbons (Fsp3) is 0.588. The fourth-order valence-corrected chi connectivity index (χ4v) is 3.43. The van der Waals surface area contributed by atoms with Gasteiger partial charge in [-0.05, 0) is 56.4 Å². The van der Waals surface area contributed by atoms with Crippen molar-refractivity contribution in [2.24, 2.45) is 0 Å². The highest BCUT2D eigenvalue weighted by atomic mass is 16.5. The molecule has 1 aromatic rings. The molecule has 1 unspecified atom stereocenters. The van der Waals surface area contributed by atoms with Crippen molar-refractivity contribution in [1.29, 1.82) is 0 Å². The van der Waals surface area contributed by atoms with Crippen LogP contribution in [0.1, 0.15) is 53.6 Å². The van der Waals surface area contributed by atoms with E-state index in [4.69, 9.17) is 14.6 Å². The summed E-state index contributed by atoms with van der Waals surface area (Å²) in [6.45, 7) is 4.58. The Balaban J connectivity index is 1.76. The number of benzene rings is 1. The summed E-state index contributed by atoms with van der Waals surface area (Å²) in [7, 11) is 0. The van der Waals surface area contributed by atoms with E-state index >= 15 is 0 Å². The van der Waals surface area contributed by atoms with Crippen molar-refractivity contribution >= 4 is 5.97 Å². The van der Waals surface area contributed by atoms with E-state index in [2.05, 4.69) is 0 Å². The van der Waals surface area contributed by atoms with E-state index in [1.54, 1.807) is 12.1 Å². The molecule has 1 N–H and O–H groups in total. The van der Waals surface area contributed by atoms with Crippen molar-refractivity contribution in [1.82, 2.24) is 0 Å². The highest BCUT2D eigenvalue weighted by Gasteiger charge is 2.43. The summed E-state index contributed by atoms with van der Waals surface area (Å²) in [5, 5.41) is 9.10. The van der Waals surface area contributed by atoms with Gasteiger partial charge >= 0.3 is 5.97 Å². The van der Waals surface area contributed by atoms with Crippen LogP contribution in [-0.2, 0) is 4.74 Å². The third-order valence-electron chi connectivity index (χ3n) is 4.70. The molecule has 0 radical (unpaired) electrons. The maximum Gasteiger partial charge on any atom is 0.335 e. The summed E-state index contributed by atoms with van der Waals surface area (Å²) in [5.41, 5.74) is 2.16. The lowest BCUT2D eigenvalue weighted by molar-refractivity contribution is -0.153. The van der Waals surface area contributed by atoms with Gasteiger partial charge in [0.25, 0.3) is 0 Å². The van der Waals surface area contributed by atoms with Crippen molar-refractivity contribution in [3.8, 4) is 5.75 Å². The topological polar surface area (TPSA) is 55.8 Å². The molecule has 21 heavy (non-hydrogen) atoms. The normalized spacial score (nSPS) is 23.6. The zero-order chi connectivity index (χ0) is 15.0. The number of hydrogen-bond donors (Lipinski definition) is 1. The van der Waals surface area contributed by atoms with Crippen LogP contribution in [0.3, 0.4) is 0 Å². The molecule has 4 nitrogen and oxygen atoms in total. The molecule has 114 valence electrons. The Labute approximate surface area is 125 Å². The SMILES string of the molecule is Cc1cc(C(=O)O)cc(C)c1OC1CCOC2(CCC2)C1. The van der Waals surface area contributed by atoms with Crippen molar-refractivity contribution < 1.29 is 19.4 Å². The number of carbonyl (C=O) groups is 1. The average Bonchev–Trinajstić information content (AvgIpc) is 2.41. The Morgan fingerprint density at radius 3 is 2.52 bits per heavy atom. The lowest BCUT2D eigenvalue weighted by Gasteiger charge is -2.47. The molecule has 1 aliphatic carbocycles. The van der Waals surface area contributed by atoms with Crippen LogP contribution in [0.25, 0.3) is 0 Å². The molecule has 1 heterocycles. The standard InChI is InChI=1S/C17H22O4/c1-11-8-13(16(18)19)9-12(2)15(11)21-14-4-7-20-17(10-14)5-3-6-17/h8-9,14H,3-7,10H2,1-2H3,(H,18,19). The highest BCUT2D eigenvalue weighted by molar-refractivity contribution is 5.88. The van der Waals surface area contributed by atoms with E-state index in [1.807, 2.05) is 13.8 Å². The molecular formula is C17H22O4. The number of aromatic carboxylic acids is 1. The van der Waals surface area contributed by atoms with Crippen molar-refractivity contribution in [3.05, 3.63) is 28.8 Å². The average molecular weight is 290 g/mol. The third-order valence-corrected chi connectivity index (χ3v) is 4.70. The van der Waals surface area contributed by atoms with E-state index in [-0.39, 0.29) is 11.7 Å². The molecule has 0 bridgehead atoms. The quantitative estimate of drug-likeness (QED) is 0.926. The largest absolute Gasteiger partial charge is 0.490 e. The van der Waals surface area contributed by atoms with E-state index in [0.717, 1.165) is 49.2 Å². The maximum absolute atomic E-state index is 11.1. The summed E-state index contributed by atoms with van der Waals surface area (Å²) >= 11 is 0. The zero-order valence-corrected chi connectivity index (χ0v) is 12.6. The van der Waals surface area contributed by atoms with Gasteiger partial charge in [0.15, 0.2) is 0 Å². The van der Waals surface area contributed by atoms with Gasteiger partial charge in [-0.1, -0.05) is 0 Å². The summed E-state index contributed by atoms with van der Waals surface area (Å²) in [6, 6.07) is 3.37. The predicted molar refractivity (Wildman–Crippen MR) is 79.1 cm³/mol. The van der Waals surface area contributed by atoms with Crippen molar-refractivity contribution in [2.75, 3.05) is 6.61 Å². The van der Waals surface area contributed by atoms with Gasteiger partial charge in [0.2, 0.25) is 0 Å². The van der Waals surface area contributed by atoms with Gasteiger partial charge in [-0.25, -0.2) is 4.79 Å².